The molecule has 1 saturated heterocycles. The van der Waals surface area contributed by atoms with Crippen molar-refractivity contribution in [2.24, 2.45) is 0 Å². The molecule has 204 valence electrons. The van der Waals surface area contributed by atoms with Crippen molar-refractivity contribution >= 4 is 40.6 Å². The SMILES string of the molecule is Cc1nc(-c2ccccc2)nc(N2CCCN(C(=O)c3ccc(Cl)c([N+](=O)[O-])c3)CC2)c1Cc1ccc(Cl)cc1. The van der Waals surface area contributed by atoms with Crippen LogP contribution < -0.4 is 4.90 Å². The summed E-state index contributed by atoms with van der Waals surface area (Å²) in [4.78, 5) is 37.9. The molecule has 0 radical (unpaired) electrons. The highest BCUT2D eigenvalue weighted by molar-refractivity contribution is 6.32. The number of amides is 1. The zero-order valence-corrected chi connectivity index (χ0v) is 23.4. The topological polar surface area (TPSA) is 92.5 Å². The first kappa shape index (κ1) is 27.6. The lowest BCUT2D eigenvalue weighted by Gasteiger charge is -2.26. The number of benzene rings is 3. The Kier molecular flexibility index (Phi) is 8.28. The third-order valence-electron chi connectivity index (χ3n) is 6.99. The zero-order chi connectivity index (χ0) is 28.2. The van der Waals surface area contributed by atoms with Gasteiger partial charge in [0.05, 0.1) is 4.92 Å². The van der Waals surface area contributed by atoms with Crippen LogP contribution >= 0.6 is 23.2 Å². The van der Waals surface area contributed by atoms with Crippen molar-refractivity contribution in [1.29, 1.82) is 0 Å². The molecule has 1 aliphatic heterocycles. The van der Waals surface area contributed by atoms with Crippen molar-refractivity contribution < 1.29 is 9.72 Å². The Hall–Kier alpha value is -4.01. The molecule has 0 N–H and O–H groups in total. The second kappa shape index (κ2) is 12.0. The van der Waals surface area contributed by atoms with Crippen LogP contribution in [-0.2, 0) is 6.42 Å². The van der Waals surface area contributed by atoms with Gasteiger partial charge in [-0.15, -0.1) is 0 Å². The number of hydrogen-bond acceptors (Lipinski definition) is 6. The van der Waals surface area contributed by atoms with Crippen molar-refractivity contribution in [3.8, 4) is 11.4 Å². The number of aryl methyl sites for hydroxylation is 1. The molecule has 2 heterocycles. The Morgan fingerprint density at radius 3 is 2.42 bits per heavy atom. The molecule has 0 unspecified atom stereocenters. The van der Waals surface area contributed by atoms with Gasteiger partial charge in [0.25, 0.3) is 11.6 Å². The highest BCUT2D eigenvalue weighted by atomic mass is 35.5. The lowest BCUT2D eigenvalue weighted by atomic mass is 10.0. The van der Waals surface area contributed by atoms with Crippen LogP contribution in [0.1, 0.15) is 33.6 Å². The van der Waals surface area contributed by atoms with E-state index >= 15 is 0 Å². The predicted molar refractivity (Wildman–Crippen MR) is 157 cm³/mol. The molecule has 1 aliphatic rings. The second-order valence-electron chi connectivity index (χ2n) is 9.66. The number of carbonyl (C=O) groups excluding carboxylic acids is 1. The van der Waals surface area contributed by atoms with Crippen LogP contribution in [0.3, 0.4) is 0 Å². The molecular weight excluding hydrogens is 549 g/mol. The van der Waals surface area contributed by atoms with Crippen LogP contribution in [0.5, 0.6) is 0 Å². The van der Waals surface area contributed by atoms with Crippen molar-refractivity contribution in [1.82, 2.24) is 14.9 Å². The molecule has 1 amide bonds. The van der Waals surface area contributed by atoms with E-state index in [1.54, 1.807) is 4.90 Å². The fourth-order valence-electron chi connectivity index (χ4n) is 4.87. The molecule has 0 bridgehead atoms. The highest BCUT2D eigenvalue weighted by Gasteiger charge is 2.26. The van der Waals surface area contributed by atoms with E-state index in [0.717, 1.165) is 28.2 Å². The largest absolute Gasteiger partial charge is 0.354 e. The monoisotopic (exact) mass is 575 g/mol. The van der Waals surface area contributed by atoms with E-state index in [0.29, 0.717) is 49.9 Å². The van der Waals surface area contributed by atoms with Crippen molar-refractivity contribution in [2.45, 2.75) is 19.8 Å². The van der Waals surface area contributed by atoms with Gasteiger partial charge in [-0.1, -0.05) is 65.7 Å². The molecular formula is C30H27Cl2N5O3. The van der Waals surface area contributed by atoms with Gasteiger partial charge in [0.2, 0.25) is 0 Å². The fourth-order valence-corrected chi connectivity index (χ4v) is 5.19. The molecule has 8 nitrogen and oxygen atoms in total. The summed E-state index contributed by atoms with van der Waals surface area (Å²) < 4.78 is 0. The van der Waals surface area contributed by atoms with Crippen LogP contribution in [0.25, 0.3) is 11.4 Å². The van der Waals surface area contributed by atoms with E-state index in [-0.39, 0.29) is 22.2 Å². The molecule has 4 aromatic rings. The van der Waals surface area contributed by atoms with Gasteiger partial charge in [-0.3, -0.25) is 14.9 Å². The van der Waals surface area contributed by atoms with Gasteiger partial charge in [0.15, 0.2) is 5.82 Å². The number of nitro benzene ring substituents is 1. The number of anilines is 1. The Morgan fingerprint density at radius 1 is 0.950 bits per heavy atom. The van der Waals surface area contributed by atoms with Gasteiger partial charge >= 0.3 is 0 Å². The van der Waals surface area contributed by atoms with Gasteiger partial charge < -0.3 is 9.80 Å². The minimum absolute atomic E-state index is 0.00478. The smallest absolute Gasteiger partial charge is 0.288 e. The van der Waals surface area contributed by atoms with Gasteiger partial charge in [0, 0.05) is 66.1 Å². The fraction of sp³-hybridized carbons (Fsp3) is 0.233. The first-order chi connectivity index (χ1) is 19.3. The number of halogens is 2. The lowest BCUT2D eigenvalue weighted by Crippen LogP contribution is -2.35. The summed E-state index contributed by atoms with van der Waals surface area (Å²) in [6.45, 7) is 4.22. The van der Waals surface area contributed by atoms with Crippen LogP contribution in [0.2, 0.25) is 10.0 Å². The normalized spacial score (nSPS) is 13.7. The second-order valence-corrected chi connectivity index (χ2v) is 10.5. The number of hydrogen-bond donors (Lipinski definition) is 0. The number of rotatable bonds is 6. The Morgan fingerprint density at radius 2 is 1.70 bits per heavy atom. The van der Waals surface area contributed by atoms with Gasteiger partial charge in [-0.05, 0) is 43.2 Å². The van der Waals surface area contributed by atoms with Gasteiger partial charge in [-0.25, -0.2) is 9.97 Å². The van der Waals surface area contributed by atoms with Crippen LogP contribution in [0, 0.1) is 17.0 Å². The van der Waals surface area contributed by atoms with Gasteiger partial charge in [-0.2, -0.15) is 0 Å². The maximum atomic E-state index is 13.3. The average Bonchev–Trinajstić information content (AvgIpc) is 3.21. The molecule has 0 aliphatic carbocycles. The summed E-state index contributed by atoms with van der Waals surface area (Å²) in [5.74, 6) is 1.24. The Balaban J connectivity index is 1.45. The van der Waals surface area contributed by atoms with E-state index < -0.39 is 4.92 Å². The van der Waals surface area contributed by atoms with Gasteiger partial charge in [0.1, 0.15) is 10.8 Å². The van der Waals surface area contributed by atoms with E-state index in [1.165, 1.54) is 18.2 Å². The number of nitrogens with zero attached hydrogens (tertiary/aromatic N) is 5. The van der Waals surface area contributed by atoms with Crippen molar-refractivity contribution in [3.05, 3.63) is 115 Å². The first-order valence-electron chi connectivity index (χ1n) is 13.0. The van der Waals surface area contributed by atoms with E-state index in [2.05, 4.69) is 4.90 Å². The minimum atomic E-state index is -0.576. The Labute approximate surface area is 242 Å². The quantitative estimate of drug-likeness (QED) is 0.190. The number of carbonyl (C=O) groups is 1. The van der Waals surface area contributed by atoms with Crippen LogP contribution in [-0.4, -0.2) is 51.9 Å². The predicted octanol–water partition coefficient (Wildman–Crippen LogP) is 6.61. The molecule has 40 heavy (non-hydrogen) atoms. The van der Waals surface area contributed by atoms with E-state index in [9.17, 15) is 14.9 Å². The summed E-state index contributed by atoms with van der Waals surface area (Å²) >= 11 is 12.1. The standard InChI is InChI=1S/C30H27Cl2N5O3/c1-20-25(18-21-8-11-24(31)12-9-21)29(34-28(33-20)22-6-3-2-4-7-22)35-14-5-15-36(17-16-35)30(38)23-10-13-26(32)27(19-23)37(39)40/h2-4,6-13,19H,5,14-18H2,1H3. The molecule has 5 rings (SSSR count). The number of nitro groups is 1. The third kappa shape index (κ3) is 6.08. The van der Waals surface area contributed by atoms with Crippen LogP contribution in [0.4, 0.5) is 11.5 Å². The maximum Gasteiger partial charge on any atom is 0.288 e. The summed E-state index contributed by atoms with van der Waals surface area (Å²) in [5.41, 5.74) is 3.92. The number of aromatic nitrogens is 2. The summed E-state index contributed by atoms with van der Waals surface area (Å²) in [5, 5.41) is 12.0. The molecule has 0 saturated carbocycles. The molecule has 10 heteroatoms. The molecule has 3 aromatic carbocycles. The molecule has 1 fully saturated rings. The summed E-state index contributed by atoms with van der Waals surface area (Å²) in [6, 6.07) is 21.8. The average molecular weight is 576 g/mol. The first-order valence-corrected chi connectivity index (χ1v) is 13.7. The Bertz CT molecular complexity index is 1550. The summed E-state index contributed by atoms with van der Waals surface area (Å²) in [6.07, 6.45) is 1.35. The third-order valence-corrected chi connectivity index (χ3v) is 7.56. The minimum Gasteiger partial charge on any atom is -0.354 e. The highest BCUT2D eigenvalue weighted by Crippen LogP contribution is 2.30. The van der Waals surface area contributed by atoms with E-state index in [1.807, 2.05) is 61.5 Å². The lowest BCUT2D eigenvalue weighted by molar-refractivity contribution is -0.384. The molecule has 0 spiro atoms. The zero-order valence-electron chi connectivity index (χ0n) is 21.9. The van der Waals surface area contributed by atoms with E-state index in [4.69, 9.17) is 33.2 Å². The molecule has 1 aromatic heterocycles. The maximum absolute atomic E-state index is 13.3. The van der Waals surface area contributed by atoms with Crippen LogP contribution in [0.15, 0.2) is 72.8 Å². The molecule has 0 atom stereocenters. The summed E-state index contributed by atoms with van der Waals surface area (Å²) in [7, 11) is 0. The van der Waals surface area contributed by atoms with Crippen molar-refractivity contribution in [2.75, 3.05) is 31.1 Å². The van der Waals surface area contributed by atoms with Crippen molar-refractivity contribution in [3.63, 3.8) is 0 Å².